The van der Waals surface area contributed by atoms with Gasteiger partial charge in [-0.2, -0.15) is 5.10 Å². The van der Waals surface area contributed by atoms with Crippen molar-refractivity contribution >= 4 is 5.91 Å². The molecule has 7 nitrogen and oxygen atoms in total. The molecule has 2 aromatic rings. The molecule has 1 aliphatic rings. The van der Waals surface area contributed by atoms with Gasteiger partial charge in [0.05, 0.1) is 6.54 Å². The molecule has 0 aromatic carbocycles. The first-order valence-electron chi connectivity index (χ1n) is 9.24. The van der Waals surface area contributed by atoms with Gasteiger partial charge in [0.25, 0.3) is 0 Å². The van der Waals surface area contributed by atoms with Gasteiger partial charge >= 0.3 is 0 Å². The summed E-state index contributed by atoms with van der Waals surface area (Å²) in [7, 11) is 0. The van der Waals surface area contributed by atoms with Gasteiger partial charge in [0.2, 0.25) is 5.91 Å². The van der Waals surface area contributed by atoms with Crippen LogP contribution < -0.4 is 0 Å². The first-order valence-corrected chi connectivity index (χ1v) is 9.24. The lowest BCUT2D eigenvalue weighted by atomic mass is 10.2. The topological polar surface area (TPSA) is 59.2 Å². The van der Waals surface area contributed by atoms with Crippen LogP contribution in [-0.4, -0.2) is 61.2 Å². The first kappa shape index (κ1) is 17.7. The summed E-state index contributed by atoms with van der Waals surface area (Å²) in [5, 5.41) is 4.18. The second-order valence-electron chi connectivity index (χ2n) is 6.51. The third-order valence-corrected chi connectivity index (χ3v) is 4.79. The van der Waals surface area contributed by atoms with Crippen molar-refractivity contribution < 1.29 is 4.79 Å². The normalized spacial score (nSPS) is 16.1. The third-order valence-electron chi connectivity index (χ3n) is 4.79. The Bertz CT molecular complexity index is 650. The van der Waals surface area contributed by atoms with Crippen LogP contribution in [0.5, 0.6) is 0 Å². The van der Waals surface area contributed by atoms with Gasteiger partial charge in [0.15, 0.2) is 0 Å². The molecule has 0 saturated carbocycles. The van der Waals surface area contributed by atoms with Crippen molar-refractivity contribution in [2.45, 2.75) is 45.8 Å². The highest BCUT2D eigenvalue weighted by Gasteiger charge is 2.19. The van der Waals surface area contributed by atoms with Crippen LogP contribution in [0, 0.1) is 0 Å². The zero-order valence-corrected chi connectivity index (χ0v) is 15.0. The molecule has 1 amide bonds. The van der Waals surface area contributed by atoms with Crippen molar-refractivity contribution in [1.82, 2.24) is 29.1 Å². The monoisotopic (exact) mass is 344 g/mol. The van der Waals surface area contributed by atoms with Gasteiger partial charge in [-0.25, -0.2) is 4.98 Å². The van der Waals surface area contributed by atoms with E-state index in [2.05, 4.69) is 26.5 Å². The average Bonchev–Trinajstić information content (AvgIpc) is 3.23. The molecule has 3 heterocycles. The number of aromatic nitrogens is 4. The molecule has 1 aliphatic heterocycles. The van der Waals surface area contributed by atoms with E-state index in [4.69, 9.17) is 0 Å². The van der Waals surface area contributed by atoms with Crippen LogP contribution in [-0.2, 0) is 24.4 Å². The molecule has 0 N–H and O–H groups in total. The SMILES string of the molecule is CCn1ccnc1CN1CCCN(C(=O)CCCn2cccn2)CC1. The third kappa shape index (κ3) is 4.92. The first-order chi connectivity index (χ1) is 12.3. The second kappa shape index (κ2) is 8.80. The zero-order valence-electron chi connectivity index (χ0n) is 15.0. The summed E-state index contributed by atoms with van der Waals surface area (Å²) in [6.45, 7) is 8.36. The summed E-state index contributed by atoms with van der Waals surface area (Å²) >= 11 is 0. The highest BCUT2D eigenvalue weighted by molar-refractivity contribution is 5.76. The number of amides is 1. The van der Waals surface area contributed by atoms with Crippen LogP contribution in [0.3, 0.4) is 0 Å². The fraction of sp³-hybridized carbons (Fsp3) is 0.611. The Morgan fingerprint density at radius 3 is 2.88 bits per heavy atom. The number of carbonyl (C=O) groups excluding carboxylic acids is 1. The van der Waals surface area contributed by atoms with Gasteiger partial charge in [-0.3, -0.25) is 14.4 Å². The molecular weight excluding hydrogens is 316 g/mol. The van der Waals surface area contributed by atoms with Crippen molar-refractivity contribution in [2.75, 3.05) is 26.2 Å². The summed E-state index contributed by atoms with van der Waals surface area (Å²) in [5.41, 5.74) is 0. The van der Waals surface area contributed by atoms with E-state index in [9.17, 15) is 4.79 Å². The van der Waals surface area contributed by atoms with Crippen LogP contribution in [0.15, 0.2) is 30.9 Å². The Hall–Kier alpha value is -2.15. The van der Waals surface area contributed by atoms with Crippen molar-refractivity contribution in [3.05, 3.63) is 36.7 Å². The van der Waals surface area contributed by atoms with Crippen LogP contribution >= 0.6 is 0 Å². The minimum Gasteiger partial charge on any atom is -0.341 e. The molecule has 3 rings (SSSR count). The van der Waals surface area contributed by atoms with E-state index in [-0.39, 0.29) is 5.91 Å². The van der Waals surface area contributed by atoms with E-state index >= 15 is 0 Å². The van der Waals surface area contributed by atoms with Gasteiger partial charge in [-0.15, -0.1) is 0 Å². The van der Waals surface area contributed by atoms with Gasteiger partial charge in [-0.05, 0) is 25.8 Å². The van der Waals surface area contributed by atoms with Gasteiger partial charge in [-0.1, -0.05) is 0 Å². The molecule has 1 saturated heterocycles. The lowest BCUT2D eigenvalue weighted by molar-refractivity contribution is -0.131. The van der Waals surface area contributed by atoms with E-state index in [0.717, 1.165) is 64.5 Å². The Labute approximate surface area is 149 Å². The van der Waals surface area contributed by atoms with Crippen LogP contribution in [0.1, 0.15) is 32.0 Å². The largest absolute Gasteiger partial charge is 0.341 e. The Balaban J connectivity index is 1.43. The lowest BCUT2D eigenvalue weighted by Gasteiger charge is -2.22. The van der Waals surface area contributed by atoms with Crippen molar-refractivity contribution in [3.8, 4) is 0 Å². The van der Waals surface area contributed by atoms with E-state index in [1.54, 1.807) is 6.20 Å². The average molecular weight is 344 g/mol. The summed E-state index contributed by atoms with van der Waals surface area (Å²) in [6, 6.07) is 1.91. The van der Waals surface area contributed by atoms with Gasteiger partial charge in [0.1, 0.15) is 5.82 Å². The maximum Gasteiger partial charge on any atom is 0.222 e. The summed E-state index contributed by atoms with van der Waals surface area (Å²) < 4.78 is 4.07. The molecule has 0 spiro atoms. The molecule has 0 radical (unpaired) electrons. The van der Waals surface area contributed by atoms with Crippen molar-refractivity contribution in [3.63, 3.8) is 0 Å². The predicted molar refractivity (Wildman–Crippen MR) is 95.8 cm³/mol. The van der Waals surface area contributed by atoms with E-state index in [1.165, 1.54) is 0 Å². The quantitative estimate of drug-likeness (QED) is 0.766. The smallest absolute Gasteiger partial charge is 0.222 e. The number of hydrogen-bond donors (Lipinski definition) is 0. The van der Waals surface area contributed by atoms with E-state index < -0.39 is 0 Å². The molecule has 0 atom stereocenters. The molecular formula is C18H28N6O. The Morgan fingerprint density at radius 1 is 1.16 bits per heavy atom. The number of hydrogen-bond acceptors (Lipinski definition) is 4. The van der Waals surface area contributed by atoms with Crippen LogP contribution in [0.2, 0.25) is 0 Å². The highest BCUT2D eigenvalue weighted by atomic mass is 16.2. The Kier molecular flexibility index (Phi) is 6.22. The lowest BCUT2D eigenvalue weighted by Crippen LogP contribution is -2.35. The van der Waals surface area contributed by atoms with Crippen molar-refractivity contribution in [2.24, 2.45) is 0 Å². The van der Waals surface area contributed by atoms with Crippen LogP contribution in [0.25, 0.3) is 0 Å². The predicted octanol–water partition coefficient (Wildman–Crippen LogP) is 1.61. The molecule has 1 fully saturated rings. The standard InChI is InChI=1S/C18H28N6O/c1-2-22-13-8-19-17(22)16-21-9-5-10-23(15-14-21)18(25)6-3-11-24-12-4-7-20-24/h4,7-8,12-13H,2-3,5-6,9-11,14-16H2,1H3. The number of aryl methyl sites for hydroxylation is 2. The fourth-order valence-electron chi connectivity index (χ4n) is 3.34. The summed E-state index contributed by atoms with van der Waals surface area (Å²) in [6.07, 6.45) is 10.1. The van der Waals surface area contributed by atoms with Gasteiger partial charge < -0.3 is 9.47 Å². The molecule has 0 aliphatic carbocycles. The number of nitrogens with zero attached hydrogens (tertiary/aromatic N) is 6. The van der Waals surface area contributed by atoms with E-state index in [1.807, 2.05) is 34.2 Å². The van der Waals surface area contributed by atoms with Gasteiger partial charge in [0, 0.05) is 70.5 Å². The molecule has 7 heteroatoms. The summed E-state index contributed by atoms with van der Waals surface area (Å²) in [4.78, 5) is 21.4. The van der Waals surface area contributed by atoms with Crippen LogP contribution in [0.4, 0.5) is 0 Å². The number of carbonyl (C=O) groups is 1. The maximum atomic E-state index is 12.5. The molecule has 0 unspecified atom stereocenters. The highest BCUT2D eigenvalue weighted by Crippen LogP contribution is 2.10. The zero-order chi connectivity index (χ0) is 17.5. The summed E-state index contributed by atoms with van der Waals surface area (Å²) in [5.74, 6) is 1.38. The minimum absolute atomic E-state index is 0.268. The molecule has 0 bridgehead atoms. The Morgan fingerprint density at radius 2 is 2.08 bits per heavy atom. The number of rotatable bonds is 7. The molecule has 2 aromatic heterocycles. The van der Waals surface area contributed by atoms with E-state index in [0.29, 0.717) is 6.42 Å². The fourth-order valence-corrected chi connectivity index (χ4v) is 3.34. The number of imidazole rings is 1. The molecule has 136 valence electrons. The molecule has 25 heavy (non-hydrogen) atoms. The maximum absolute atomic E-state index is 12.5. The van der Waals surface area contributed by atoms with Crippen molar-refractivity contribution in [1.29, 1.82) is 0 Å². The second-order valence-corrected chi connectivity index (χ2v) is 6.51. The minimum atomic E-state index is 0.268.